The number of thioether (sulfide) groups is 1. The lowest BCUT2D eigenvalue weighted by molar-refractivity contribution is 0.0131. The molecule has 0 aromatic carbocycles. The number of amides is 1. The zero-order valence-electron chi connectivity index (χ0n) is 8.67. The zero-order valence-corrected chi connectivity index (χ0v) is 9.49. The van der Waals surface area contributed by atoms with Gasteiger partial charge in [-0.25, -0.2) is 4.79 Å². The maximum Gasteiger partial charge on any atom is 0.407 e. The van der Waals surface area contributed by atoms with Crippen molar-refractivity contribution in [2.75, 3.05) is 31.8 Å². The van der Waals surface area contributed by atoms with Gasteiger partial charge in [0.05, 0.1) is 18.8 Å². The molecule has 1 aliphatic heterocycles. The molecule has 14 heavy (non-hydrogen) atoms. The van der Waals surface area contributed by atoms with Crippen molar-refractivity contribution < 1.29 is 14.3 Å². The molecule has 1 amide bonds. The zero-order chi connectivity index (χ0) is 10.4. The van der Waals surface area contributed by atoms with Gasteiger partial charge in [-0.3, -0.25) is 0 Å². The molecule has 82 valence electrons. The van der Waals surface area contributed by atoms with Crippen molar-refractivity contribution in [1.29, 1.82) is 0 Å². The van der Waals surface area contributed by atoms with Crippen molar-refractivity contribution in [2.24, 2.45) is 0 Å². The number of hydrogen-bond acceptors (Lipinski definition) is 4. The van der Waals surface area contributed by atoms with Crippen LogP contribution in [0.3, 0.4) is 0 Å². The van der Waals surface area contributed by atoms with Crippen molar-refractivity contribution in [2.45, 2.75) is 18.9 Å². The Kier molecular flexibility index (Phi) is 4.54. The molecular weight excluding hydrogens is 202 g/mol. The first-order valence-corrected chi connectivity index (χ1v) is 5.91. The Hall–Kier alpha value is -0.420. The Morgan fingerprint density at radius 2 is 2.43 bits per heavy atom. The summed E-state index contributed by atoms with van der Waals surface area (Å²) in [5.74, 6) is 2.04. The summed E-state index contributed by atoms with van der Waals surface area (Å²) < 4.78 is 10.2. The van der Waals surface area contributed by atoms with Gasteiger partial charge in [-0.05, 0) is 19.1 Å². The number of ether oxygens (including phenoxy) is 2. The molecule has 1 fully saturated rings. The summed E-state index contributed by atoms with van der Waals surface area (Å²) in [6.45, 7) is 2.73. The lowest BCUT2D eigenvalue weighted by atomic mass is 10.0. The lowest BCUT2D eigenvalue weighted by Gasteiger charge is -2.26. The van der Waals surface area contributed by atoms with Gasteiger partial charge in [-0.15, -0.1) is 0 Å². The average Bonchev–Trinajstić information content (AvgIpc) is 2.65. The van der Waals surface area contributed by atoms with E-state index in [0.29, 0.717) is 13.2 Å². The first-order valence-electron chi connectivity index (χ1n) is 4.76. The Balaban J connectivity index is 2.30. The highest BCUT2D eigenvalue weighted by Crippen LogP contribution is 2.30. The SMILES string of the molecule is CCOC(=O)NCC1(OC)CCSC1. The first kappa shape index (κ1) is 11.7. The molecule has 1 atom stereocenters. The minimum atomic E-state index is -0.360. The number of hydrogen-bond donors (Lipinski definition) is 1. The van der Waals surface area contributed by atoms with Crippen molar-refractivity contribution in [1.82, 2.24) is 5.32 Å². The van der Waals surface area contributed by atoms with E-state index in [0.717, 1.165) is 17.9 Å². The quantitative estimate of drug-likeness (QED) is 0.773. The molecule has 1 saturated heterocycles. The van der Waals surface area contributed by atoms with E-state index in [-0.39, 0.29) is 11.7 Å². The second-order valence-electron chi connectivity index (χ2n) is 3.26. The molecule has 0 bridgehead atoms. The van der Waals surface area contributed by atoms with E-state index in [1.807, 2.05) is 11.8 Å². The Morgan fingerprint density at radius 3 is 2.93 bits per heavy atom. The fourth-order valence-corrected chi connectivity index (χ4v) is 2.77. The molecule has 5 heteroatoms. The van der Waals surface area contributed by atoms with Gasteiger partial charge < -0.3 is 14.8 Å². The number of alkyl carbamates (subject to hydrolysis) is 1. The largest absolute Gasteiger partial charge is 0.450 e. The predicted octanol–water partition coefficient (Wildman–Crippen LogP) is 1.25. The molecular formula is C9H17NO3S. The van der Waals surface area contributed by atoms with Crippen LogP contribution in [0.15, 0.2) is 0 Å². The van der Waals surface area contributed by atoms with E-state index in [9.17, 15) is 4.79 Å². The second-order valence-corrected chi connectivity index (χ2v) is 4.37. The van der Waals surface area contributed by atoms with E-state index < -0.39 is 0 Å². The summed E-state index contributed by atoms with van der Waals surface area (Å²) in [5.41, 5.74) is -0.183. The van der Waals surface area contributed by atoms with Crippen molar-refractivity contribution >= 4 is 17.9 Å². The molecule has 1 heterocycles. The minimum Gasteiger partial charge on any atom is -0.450 e. The van der Waals surface area contributed by atoms with Crippen molar-refractivity contribution in [3.8, 4) is 0 Å². The predicted molar refractivity (Wildman–Crippen MR) is 56.7 cm³/mol. The van der Waals surface area contributed by atoms with E-state index in [1.165, 1.54) is 0 Å². The van der Waals surface area contributed by atoms with E-state index in [2.05, 4.69) is 5.32 Å². The van der Waals surface area contributed by atoms with Gasteiger partial charge in [0.25, 0.3) is 0 Å². The van der Waals surface area contributed by atoms with Gasteiger partial charge in [0.2, 0.25) is 0 Å². The summed E-state index contributed by atoms with van der Waals surface area (Å²) >= 11 is 1.85. The van der Waals surface area contributed by atoms with Crippen LogP contribution in [0.5, 0.6) is 0 Å². The summed E-state index contributed by atoms with van der Waals surface area (Å²) in [7, 11) is 1.69. The van der Waals surface area contributed by atoms with Gasteiger partial charge in [-0.1, -0.05) is 0 Å². The van der Waals surface area contributed by atoms with Crippen LogP contribution < -0.4 is 5.32 Å². The molecule has 1 unspecified atom stereocenters. The van der Waals surface area contributed by atoms with E-state index >= 15 is 0 Å². The fraction of sp³-hybridized carbons (Fsp3) is 0.889. The van der Waals surface area contributed by atoms with Crippen LogP contribution in [0.2, 0.25) is 0 Å². The Labute approximate surface area is 88.7 Å². The van der Waals surface area contributed by atoms with Crippen LogP contribution in [0.1, 0.15) is 13.3 Å². The number of carbonyl (C=O) groups is 1. The standard InChI is InChI=1S/C9H17NO3S/c1-3-13-8(11)10-6-9(12-2)4-5-14-7-9/h3-7H2,1-2H3,(H,10,11). The highest BCUT2D eigenvalue weighted by Gasteiger charge is 2.34. The molecule has 1 N–H and O–H groups in total. The van der Waals surface area contributed by atoms with Crippen LogP contribution in [-0.4, -0.2) is 43.5 Å². The van der Waals surface area contributed by atoms with Crippen molar-refractivity contribution in [3.05, 3.63) is 0 Å². The molecule has 0 aliphatic carbocycles. The minimum absolute atomic E-state index is 0.183. The molecule has 0 saturated carbocycles. The number of nitrogens with one attached hydrogen (secondary N) is 1. The topological polar surface area (TPSA) is 47.6 Å². The van der Waals surface area contributed by atoms with Crippen molar-refractivity contribution in [3.63, 3.8) is 0 Å². The second kappa shape index (κ2) is 5.46. The monoisotopic (exact) mass is 219 g/mol. The molecule has 0 spiro atoms. The molecule has 1 aliphatic rings. The van der Waals surface area contributed by atoms with E-state index in [4.69, 9.17) is 9.47 Å². The molecule has 0 aromatic rings. The Bertz CT molecular complexity index is 192. The van der Waals surface area contributed by atoms with Crippen LogP contribution in [-0.2, 0) is 9.47 Å². The van der Waals surface area contributed by atoms with Crippen LogP contribution >= 0.6 is 11.8 Å². The first-order chi connectivity index (χ1) is 6.72. The highest BCUT2D eigenvalue weighted by atomic mass is 32.2. The lowest BCUT2D eigenvalue weighted by Crippen LogP contribution is -2.44. The maximum absolute atomic E-state index is 11.1. The van der Waals surface area contributed by atoms with Gasteiger partial charge in [0, 0.05) is 12.9 Å². The summed E-state index contributed by atoms with van der Waals surface area (Å²) in [5, 5.41) is 2.72. The summed E-state index contributed by atoms with van der Waals surface area (Å²) in [4.78, 5) is 11.1. The Morgan fingerprint density at radius 1 is 1.64 bits per heavy atom. The third-order valence-corrected chi connectivity index (χ3v) is 3.55. The smallest absolute Gasteiger partial charge is 0.407 e. The molecule has 0 aromatic heterocycles. The third kappa shape index (κ3) is 3.06. The summed E-state index contributed by atoms with van der Waals surface area (Å²) in [6, 6.07) is 0. The normalized spacial score (nSPS) is 26.1. The van der Waals surface area contributed by atoms with Crippen LogP contribution in [0.25, 0.3) is 0 Å². The third-order valence-electron chi connectivity index (χ3n) is 2.33. The molecule has 4 nitrogen and oxygen atoms in total. The highest BCUT2D eigenvalue weighted by molar-refractivity contribution is 7.99. The van der Waals surface area contributed by atoms with Crippen LogP contribution in [0, 0.1) is 0 Å². The van der Waals surface area contributed by atoms with Gasteiger partial charge in [-0.2, -0.15) is 11.8 Å². The van der Waals surface area contributed by atoms with E-state index in [1.54, 1.807) is 14.0 Å². The number of carbonyl (C=O) groups excluding carboxylic acids is 1. The molecule has 1 rings (SSSR count). The maximum atomic E-state index is 11.1. The van der Waals surface area contributed by atoms with Gasteiger partial charge in [0.1, 0.15) is 0 Å². The summed E-state index contributed by atoms with van der Waals surface area (Å²) in [6.07, 6.45) is 0.626. The molecule has 0 radical (unpaired) electrons. The number of rotatable bonds is 4. The van der Waals surface area contributed by atoms with Gasteiger partial charge in [0.15, 0.2) is 0 Å². The fourth-order valence-electron chi connectivity index (χ4n) is 1.38. The average molecular weight is 219 g/mol. The van der Waals surface area contributed by atoms with Crippen LogP contribution in [0.4, 0.5) is 4.79 Å². The van der Waals surface area contributed by atoms with Gasteiger partial charge >= 0.3 is 6.09 Å². The number of methoxy groups -OCH3 is 1.